The van der Waals surface area contributed by atoms with Crippen molar-refractivity contribution in [2.75, 3.05) is 6.61 Å². The molecule has 0 heterocycles. The van der Waals surface area contributed by atoms with E-state index in [4.69, 9.17) is 4.74 Å². The van der Waals surface area contributed by atoms with Gasteiger partial charge in [0.05, 0.1) is 6.61 Å². The average Bonchev–Trinajstić information content (AvgIpc) is 2.66. The van der Waals surface area contributed by atoms with Gasteiger partial charge in [0, 0.05) is 6.42 Å². The number of aliphatic carboxylic acids is 1. The smallest absolute Gasteiger partial charge is 0.449 e. The van der Waals surface area contributed by atoms with Crippen molar-refractivity contribution in [3.63, 3.8) is 0 Å². The molecular weight excluding hydrogens is 391 g/mol. The number of Topliss-reactive ketones (excluding diaryl/α,β-unsaturated/α-hetero) is 1. The van der Waals surface area contributed by atoms with Crippen molar-refractivity contribution in [2.24, 2.45) is 0 Å². The predicted molar refractivity (Wildman–Crippen MR) is 99.3 cm³/mol. The Hall–Kier alpha value is -2.42. The Balaban J connectivity index is 2.64. The molecule has 0 fully saturated rings. The van der Waals surface area contributed by atoms with Gasteiger partial charge in [0.1, 0.15) is 12.1 Å². The molecule has 0 unspecified atom stereocenters. The van der Waals surface area contributed by atoms with Gasteiger partial charge in [0.25, 0.3) is 0 Å². The van der Waals surface area contributed by atoms with E-state index in [1.165, 1.54) is 0 Å². The molecule has 0 saturated heterocycles. The quantitative estimate of drug-likeness (QED) is 0.378. The lowest BCUT2D eigenvalue weighted by atomic mass is 10.0. The standard InChI is InChI=1S/C20H26F3NO5/c1-2-29-19(28)16(13-12-14-8-4-3-5-9-14)24-15(18(26)27)10-6-7-11-17(25)20(21,22)23/h3-5,8-9,15-16,24H,2,6-7,10-13H2,1H3,(H,26,27)/t15-,16-/m0/s1. The van der Waals surface area contributed by atoms with E-state index >= 15 is 0 Å². The fourth-order valence-corrected chi connectivity index (χ4v) is 2.76. The summed E-state index contributed by atoms with van der Waals surface area (Å²) in [7, 11) is 0. The number of halogens is 3. The Morgan fingerprint density at radius 3 is 2.28 bits per heavy atom. The summed E-state index contributed by atoms with van der Waals surface area (Å²) in [6.07, 6.45) is -4.75. The van der Waals surface area contributed by atoms with Gasteiger partial charge in [-0.25, -0.2) is 0 Å². The number of unbranched alkanes of at least 4 members (excludes halogenated alkanes) is 1. The van der Waals surface area contributed by atoms with Gasteiger partial charge in [-0.2, -0.15) is 13.2 Å². The van der Waals surface area contributed by atoms with Gasteiger partial charge in [-0.15, -0.1) is 0 Å². The molecule has 1 aromatic rings. The number of rotatable bonds is 13. The molecular formula is C20H26F3NO5. The van der Waals surface area contributed by atoms with Gasteiger partial charge in [-0.05, 0) is 38.2 Å². The minimum atomic E-state index is -4.88. The van der Waals surface area contributed by atoms with Gasteiger partial charge in [0.15, 0.2) is 0 Å². The summed E-state index contributed by atoms with van der Waals surface area (Å²) in [5, 5.41) is 12.1. The van der Waals surface area contributed by atoms with Crippen LogP contribution in [-0.2, 0) is 25.5 Å². The van der Waals surface area contributed by atoms with Crippen LogP contribution in [0.4, 0.5) is 13.2 Å². The number of carbonyl (C=O) groups excluding carboxylic acids is 2. The summed E-state index contributed by atoms with van der Waals surface area (Å²) >= 11 is 0. The highest BCUT2D eigenvalue weighted by molar-refractivity contribution is 5.83. The molecule has 0 amide bonds. The number of carbonyl (C=O) groups is 3. The molecule has 0 aliphatic heterocycles. The highest BCUT2D eigenvalue weighted by Gasteiger charge is 2.37. The fraction of sp³-hybridized carbons (Fsp3) is 0.550. The van der Waals surface area contributed by atoms with E-state index in [0.29, 0.717) is 12.8 Å². The lowest BCUT2D eigenvalue weighted by Crippen LogP contribution is -2.48. The normalized spacial score (nSPS) is 13.5. The van der Waals surface area contributed by atoms with Crippen LogP contribution >= 0.6 is 0 Å². The maximum absolute atomic E-state index is 12.2. The predicted octanol–water partition coefficient (Wildman–Crippen LogP) is 3.29. The number of alkyl halides is 3. The number of ether oxygens (including phenoxy) is 1. The summed E-state index contributed by atoms with van der Waals surface area (Å²) in [5.74, 6) is -3.63. The molecule has 0 aliphatic rings. The second-order valence-electron chi connectivity index (χ2n) is 6.55. The Morgan fingerprint density at radius 1 is 1.07 bits per heavy atom. The van der Waals surface area contributed by atoms with Crippen molar-refractivity contribution < 1.29 is 37.4 Å². The number of nitrogens with one attached hydrogen (secondary N) is 1. The molecule has 1 aromatic carbocycles. The Labute approximate surface area is 167 Å². The lowest BCUT2D eigenvalue weighted by Gasteiger charge is -2.22. The van der Waals surface area contributed by atoms with Crippen LogP contribution in [0.3, 0.4) is 0 Å². The molecule has 0 aliphatic carbocycles. The second kappa shape index (κ2) is 12.2. The Kier molecular flexibility index (Phi) is 10.4. The van der Waals surface area contributed by atoms with Crippen LogP contribution in [-0.4, -0.2) is 47.7 Å². The van der Waals surface area contributed by atoms with E-state index in [1.807, 2.05) is 30.3 Å². The van der Waals surface area contributed by atoms with Crippen molar-refractivity contribution in [3.8, 4) is 0 Å². The first-order chi connectivity index (χ1) is 13.6. The summed E-state index contributed by atoms with van der Waals surface area (Å²) in [6.45, 7) is 1.78. The van der Waals surface area contributed by atoms with E-state index in [1.54, 1.807) is 6.92 Å². The molecule has 0 saturated carbocycles. The molecule has 2 atom stereocenters. The molecule has 29 heavy (non-hydrogen) atoms. The zero-order valence-corrected chi connectivity index (χ0v) is 16.2. The number of carboxylic acid groups (broad SMARTS) is 1. The van der Waals surface area contributed by atoms with Crippen molar-refractivity contribution in [1.29, 1.82) is 0 Å². The molecule has 0 radical (unpaired) electrons. The molecule has 0 spiro atoms. The van der Waals surface area contributed by atoms with E-state index in [9.17, 15) is 32.7 Å². The number of carboxylic acids is 1. The van der Waals surface area contributed by atoms with E-state index in [2.05, 4.69) is 5.32 Å². The number of hydrogen-bond donors (Lipinski definition) is 2. The molecule has 0 bridgehead atoms. The maximum Gasteiger partial charge on any atom is 0.449 e. The monoisotopic (exact) mass is 417 g/mol. The SMILES string of the molecule is CCOC(=O)[C@H](CCc1ccccc1)N[C@@H](CCCCC(=O)C(F)(F)F)C(=O)O. The Bertz CT molecular complexity index is 664. The average molecular weight is 417 g/mol. The third kappa shape index (κ3) is 9.56. The number of hydrogen-bond acceptors (Lipinski definition) is 5. The third-order valence-electron chi connectivity index (χ3n) is 4.30. The van der Waals surface area contributed by atoms with Crippen molar-refractivity contribution in [3.05, 3.63) is 35.9 Å². The highest BCUT2D eigenvalue weighted by atomic mass is 19.4. The van der Waals surface area contributed by atoms with Crippen LogP contribution < -0.4 is 5.32 Å². The van der Waals surface area contributed by atoms with Gasteiger partial charge in [0.2, 0.25) is 5.78 Å². The number of esters is 1. The number of ketones is 1. The first-order valence-electron chi connectivity index (χ1n) is 9.44. The van der Waals surface area contributed by atoms with Crippen LogP contribution in [0.15, 0.2) is 30.3 Å². The topological polar surface area (TPSA) is 92.7 Å². The molecule has 9 heteroatoms. The van der Waals surface area contributed by atoms with Crippen LogP contribution in [0.2, 0.25) is 0 Å². The molecule has 6 nitrogen and oxygen atoms in total. The van der Waals surface area contributed by atoms with Crippen LogP contribution in [0.5, 0.6) is 0 Å². The third-order valence-corrected chi connectivity index (χ3v) is 4.30. The van der Waals surface area contributed by atoms with E-state index in [-0.39, 0.29) is 25.9 Å². The first-order valence-corrected chi connectivity index (χ1v) is 9.44. The number of aryl methyl sites for hydroxylation is 1. The van der Waals surface area contributed by atoms with Crippen LogP contribution in [0.1, 0.15) is 44.6 Å². The van der Waals surface area contributed by atoms with Crippen molar-refractivity contribution in [1.82, 2.24) is 5.32 Å². The zero-order valence-electron chi connectivity index (χ0n) is 16.2. The summed E-state index contributed by atoms with van der Waals surface area (Å²) in [4.78, 5) is 34.6. The van der Waals surface area contributed by atoms with Crippen LogP contribution in [0, 0.1) is 0 Å². The maximum atomic E-state index is 12.2. The van der Waals surface area contributed by atoms with E-state index < -0.39 is 42.4 Å². The lowest BCUT2D eigenvalue weighted by molar-refractivity contribution is -0.171. The van der Waals surface area contributed by atoms with Gasteiger partial charge in [-0.3, -0.25) is 19.7 Å². The largest absolute Gasteiger partial charge is 0.480 e. The van der Waals surface area contributed by atoms with Gasteiger partial charge in [-0.1, -0.05) is 36.8 Å². The minimum Gasteiger partial charge on any atom is -0.480 e. The molecule has 1 rings (SSSR count). The zero-order chi connectivity index (χ0) is 21.9. The van der Waals surface area contributed by atoms with Crippen molar-refractivity contribution >= 4 is 17.7 Å². The van der Waals surface area contributed by atoms with E-state index in [0.717, 1.165) is 5.56 Å². The molecule has 2 N–H and O–H groups in total. The summed E-state index contributed by atoms with van der Waals surface area (Å²) in [6, 6.07) is 7.32. The number of benzene rings is 1. The second-order valence-corrected chi connectivity index (χ2v) is 6.55. The fourth-order valence-electron chi connectivity index (χ4n) is 2.76. The van der Waals surface area contributed by atoms with Gasteiger partial charge >= 0.3 is 18.1 Å². The highest BCUT2D eigenvalue weighted by Crippen LogP contribution is 2.20. The summed E-state index contributed by atoms with van der Waals surface area (Å²) < 4.78 is 41.6. The van der Waals surface area contributed by atoms with Crippen LogP contribution in [0.25, 0.3) is 0 Å². The van der Waals surface area contributed by atoms with Crippen molar-refractivity contribution in [2.45, 2.75) is 63.7 Å². The molecule has 162 valence electrons. The van der Waals surface area contributed by atoms with Gasteiger partial charge < -0.3 is 9.84 Å². The minimum absolute atomic E-state index is 0.0122. The Morgan fingerprint density at radius 2 is 1.72 bits per heavy atom. The first kappa shape index (κ1) is 24.6. The molecule has 0 aromatic heterocycles. The summed E-state index contributed by atoms with van der Waals surface area (Å²) in [5.41, 5.74) is 0.973.